The highest BCUT2D eigenvalue weighted by atomic mass is 16.5. The molecule has 1 atom stereocenters. The summed E-state index contributed by atoms with van der Waals surface area (Å²) in [7, 11) is 0. The largest absolute Gasteiger partial charge is 0.489 e. The first kappa shape index (κ1) is 10.4. The molecule has 1 aliphatic heterocycles. The summed E-state index contributed by atoms with van der Waals surface area (Å²) in [5.74, 6) is 0.830. The van der Waals surface area contributed by atoms with Crippen LogP contribution in [0.2, 0.25) is 0 Å². The van der Waals surface area contributed by atoms with Gasteiger partial charge in [-0.15, -0.1) is 0 Å². The quantitative estimate of drug-likeness (QED) is 0.817. The van der Waals surface area contributed by atoms with Crippen LogP contribution in [0.25, 0.3) is 10.8 Å². The minimum absolute atomic E-state index is 0.0587. The van der Waals surface area contributed by atoms with Crippen molar-refractivity contribution >= 4 is 10.8 Å². The molecule has 1 saturated heterocycles. The van der Waals surface area contributed by atoms with Gasteiger partial charge in [-0.3, -0.25) is 4.79 Å². The van der Waals surface area contributed by atoms with Gasteiger partial charge in [0, 0.05) is 18.1 Å². The number of ether oxygens (including phenoxy) is 1. The minimum Gasteiger partial charge on any atom is -0.489 e. The first-order valence-corrected chi connectivity index (χ1v) is 5.82. The van der Waals surface area contributed by atoms with Crippen LogP contribution in [0, 0.1) is 0 Å². The van der Waals surface area contributed by atoms with Crippen molar-refractivity contribution in [2.24, 2.45) is 0 Å². The van der Waals surface area contributed by atoms with Gasteiger partial charge in [0.2, 0.25) is 0 Å². The Morgan fingerprint density at radius 1 is 1.29 bits per heavy atom. The minimum atomic E-state index is -0.0587. The molecule has 0 saturated carbocycles. The molecule has 1 fully saturated rings. The van der Waals surface area contributed by atoms with E-state index >= 15 is 0 Å². The SMILES string of the molecule is O=c1[nH]ccc2cc(O[C@@H]3CCNC3)ccc12. The van der Waals surface area contributed by atoms with E-state index in [4.69, 9.17) is 4.74 Å². The topological polar surface area (TPSA) is 54.1 Å². The second-order valence-electron chi connectivity index (χ2n) is 4.29. The highest BCUT2D eigenvalue weighted by molar-refractivity contribution is 5.82. The highest BCUT2D eigenvalue weighted by Gasteiger charge is 2.15. The van der Waals surface area contributed by atoms with Gasteiger partial charge >= 0.3 is 0 Å². The van der Waals surface area contributed by atoms with Gasteiger partial charge in [-0.2, -0.15) is 0 Å². The smallest absolute Gasteiger partial charge is 0.255 e. The number of hydrogen-bond acceptors (Lipinski definition) is 3. The fraction of sp³-hybridized carbons (Fsp3) is 0.308. The number of H-pyrrole nitrogens is 1. The summed E-state index contributed by atoms with van der Waals surface area (Å²) in [4.78, 5) is 14.2. The van der Waals surface area contributed by atoms with Gasteiger partial charge in [0.1, 0.15) is 11.9 Å². The van der Waals surface area contributed by atoms with E-state index in [1.54, 1.807) is 6.20 Å². The Kier molecular flexibility index (Phi) is 2.57. The molecule has 4 heteroatoms. The van der Waals surface area contributed by atoms with Crippen molar-refractivity contribution in [2.45, 2.75) is 12.5 Å². The summed E-state index contributed by atoms with van der Waals surface area (Å²) in [6.07, 6.45) is 2.94. The summed E-state index contributed by atoms with van der Waals surface area (Å²) in [5, 5.41) is 4.87. The lowest BCUT2D eigenvalue weighted by atomic mass is 10.1. The average Bonchev–Trinajstić information content (AvgIpc) is 2.82. The number of fused-ring (bicyclic) bond motifs is 1. The molecule has 0 spiro atoms. The van der Waals surface area contributed by atoms with Crippen molar-refractivity contribution in [1.82, 2.24) is 10.3 Å². The molecule has 17 heavy (non-hydrogen) atoms. The molecule has 0 unspecified atom stereocenters. The third-order valence-corrected chi connectivity index (χ3v) is 3.06. The van der Waals surface area contributed by atoms with Crippen molar-refractivity contribution in [2.75, 3.05) is 13.1 Å². The second kappa shape index (κ2) is 4.22. The summed E-state index contributed by atoms with van der Waals surface area (Å²) >= 11 is 0. The normalized spacial score (nSPS) is 19.6. The predicted octanol–water partition coefficient (Wildman–Crippen LogP) is 1.27. The molecular formula is C13H14N2O2. The molecule has 0 amide bonds. The van der Waals surface area contributed by atoms with E-state index < -0.39 is 0 Å². The third-order valence-electron chi connectivity index (χ3n) is 3.06. The summed E-state index contributed by atoms with van der Waals surface area (Å²) in [6.45, 7) is 1.91. The Labute approximate surface area is 98.6 Å². The molecule has 1 aliphatic rings. The Balaban J connectivity index is 1.93. The van der Waals surface area contributed by atoms with Crippen LogP contribution in [-0.4, -0.2) is 24.2 Å². The Hall–Kier alpha value is -1.81. The van der Waals surface area contributed by atoms with Crippen LogP contribution >= 0.6 is 0 Å². The monoisotopic (exact) mass is 230 g/mol. The van der Waals surface area contributed by atoms with E-state index in [0.29, 0.717) is 5.39 Å². The fourth-order valence-electron chi connectivity index (χ4n) is 2.16. The maximum Gasteiger partial charge on any atom is 0.255 e. The lowest BCUT2D eigenvalue weighted by molar-refractivity contribution is 0.223. The van der Waals surface area contributed by atoms with Crippen LogP contribution in [0.1, 0.15) is 6.42 Å². The molecule has 2 N–H and O–H groups in total. The summed E-state index contributed by atoms with van der Waals surface area (Å²) in [6, 6.07) is 7.47. The molecule has 88 valence electrons. The summed E-state index contributed by atoms with van der Waals surface area (Å²) < 4.78 is 5.85. The molecule has 3 rings (SSSR count). The van der Waals surface area contributed by atoms with Gasteiger partial charge in [-0.05, 0) is 42.6 Å². The molecule has 2 heterocycles. The third kappa shape index (κ3) is 2.03. The van der Waals surface area contributed by atoms with Crippen molar-refractivity contribution < 1.29 is 4.74 Å². The zero-order valence-electron chi connectivity index (χ0n) is 9.40. The van der Waals surface area contributed by atoms with Crippen molar-refractivity contribution in [3.8, 4) is 5.75 Å². The number of rotatable bonds is 2. The molecule has 1 aromatic heterocycles. The molecule has 4 nitrogen and oxygen atoms in total. The molecule has 0 radical (unpaired) electrons. The molecule has 2 aromatic rings. The number of hydrogen-bond donors (Lipinski definition) is 2. The number of benzene rings is 1. The van der Waals surface area contributed by atoms with E-state index in [-0.39, 0.29) is 11.7 Å². The van der Waals surface area contributed by atoms with Gasteiger partial charge in [0.05, 0.1) is 0 Å². The summed E-state index contributed by atoms with van der Waals surface area (Å²) in [5.41, 5.74) is -0.0587. The first-order chi connectivity index (χ1) is 8.33. The van der Waals surface area contributed by atoms with Gasteiger partial charge in [-0.1, -0.05) is 0 Å². The second-order valence-corrected chi connectivity index (χ2v) is 4.29. The zero-order valence-corrected chi connectivity index (χ0v) is 9.40. The average molecular weight is 230 g/mol. The van der Waals surface area contributed by atoms with Crippen molar-refractivity contribution in [1.29, 1.82) is 0 Å². The Morgan fingerprint density at radius 2 is 2.24 bits per heavy atom. The lowest BCUT2D eigenvalue weighted by Gasteiger charge is -2.12. The molecule has 0 aliphatic carbocycles. The van der Waals surface area contributed by atoms with Gasteiger partial charge in [-0.25, -0.2) is 0 Å². The van der Waals surface area contributed by atoms with E-state index in [1.807, 2.05) is 24.3 Å². The van der Waals surface area contributed by atoms with Crippen LogP contribution in [0.5, 0.6) is 5.75 Å². The van der Waals surface area contributed by atoms with Crippen molar-refractivity contribution in [3.63, 3.8) is 0 Å². The van der Waals surface area contributed by atoms with E-state index in [0.717, 1.165) is 30.6 Å². The van der Waals surface area contributed by atoms with Crippen LogP contribution in [-0.2, 0) is 0 Å². The van der Waals surface area contributed by atoms with E-state index in [9.17, 15) is 4.79 Å². The highest BCUT2D eigenvalue weighted by Crippen LogP contribution is 2.20. The molecule has 1 aromatic carbocycles. The maximum atomic E-state index is 11.5. The van der Waals surface area contributed by atoms with Gasteiger partial charge in [0.25, 0.3) is 5.56 Å². The lowest BCUT2D eigenvalue weighted by Crippen LogP contribution is -2.19. The predicted molar refractivity (Wildman–Crippen MR) is 66.5 cm³/mol. The number of aromatic nitrogens is 1. The van der Waals surface area contributed by atoms with Crippen LogP contribution in [0.15, 0.2) is 35.3 Å². The first-order valence-electron chi connectivity index (χ1n) is 5.82. The van der Waals surface area contributed by atoms with Crippen LogP contribution < -0.4 is 15.6 Å². The van der Waals surface area contributed by atoms with Crippen molar-refractivity contribution in [3.05, 3.63) is 40.8 Å². The van der Waals surface area contributed by atoms with E-state index in [2.05, 4.69) is 10.3 Å². The molecule has 0 bridgehead atoms. The molecular weight excluding hydrogens is 216 g/mol. The Morgan fingerprint density at radius 3 is 3.06 bits per heavy atom. The maximum absolute atomic E-state index is 11.5. The van der Waals surface area contributed by atoms with Gasteiger partial charge in [0.15, 0.2) is 0 Å². The zero-order chi connectivity index (χ0) is 11.7. The van der Waals surface area contributed by atoms with E-state index in [1.165, 1.54) is 0 Å². The fourth-order valence-corrected chi connectivity index (χ4v) is 2.16. The number of aromatic amines is 1. The van der Waals surface area contributed by atoms with Gasteiger partial charge < -0.3 is 15.0 Å². The number of pyridine rings is 1. The standard InChI is InChI=1S/C13H14N2O2/c16-13-12-2-1-10(7-9(12)3-6-15-13)17-11-4-5-14-8-11/h1-3,6-7,11,14H,4-5,8H2,(H,15,16)/t11-/m1/s1. The Bertz CT molecular complexity index is 585. The van der Waals surface area contributed by atoms with Crippen LogP contribution in [0.3, 0.4) is 0 Å². The number of nitrogens with one attached hydrogen (secondary N) is 2. The van der Waals surface area contributed by atoms with Crippen LogP contribution in [0.4, 0.5) is 0 Å².